The maximum Gasteiger partial charge on any atom is 0.102 e. The van der Waals surface area contributed by atoms with Gasteiger partial charge in [-0.1, -0.05) is 0 Å². The third-order valence-electron chi connectivity index (χ3n) is 2.03. The molecule has 0 fully saturated rings. The van der Waals surface area contributed by atoms with Crippen molar-refractivity contribution in [2.45, 2.75) is 4.90 Å². The van der Waals surface area contributed by atoms with E-state index in [2.05, 4.69) is 12.6 Å². The van der Waals surface area contributed by atoms with Crippen molar-refractivity contribution >= 4 is 12.6 Å². The lowest BCUT2D eigenvalue weighted by Crippen LogP contribution is -2.01. The molecule has 0 N–H and O–H groups in total. The summed E-state index contributed by atoms with van der Waals surface area (Å²) in [5, 5.41) is 44.4. The molecule has 5 nitrogen and oxygen atoms in total. The van der Waals surface area contributed by atoms with Gasteiger partial charge in [-0.25, -0.2) is 0 Å². The van der Waals surface area contributed by atoms with Crippen LogP contribution in [0.2, 0.25) is 0 Å². The lowest BCUT2D eigenvalue weighted by atomic mass is 9.94. The van der Waals surface area contributed by atoms with Crippen LogP contribution in [0.1, 0.15) is 27.8 Å². The first kappa shape index (κ1) is 12.1. The van der Waals surface area contributed by atoms with Crippen molar-refractivity contribution in [2.75, 3.05) is 0 Å². The Labute approximate surface area is 102 Å². The highest BCUT2D eigenvalue weighted by Crippen LogP contribution is 2.28. The van der Waals surface area contributed by atoms with E-state index in [1.165, 1.54) is 0 Å². The summed E-state index contributed by atoms with van der Waals surface area (Å²) in [5.41, 5.74) is -1.04. The highest BCUT2D eigenvalue weighted by Gasteiger charge is 2.22. The molecule has 17 heavy (non-hydrogen) atoms. The van der Waals surface area contributed by atoms with E-state index in [-0.39, 0.29) is 32.7 Å². The average molecular weight is 235 g/mol. The molecule has 0 radical (unpaired) electrons. The van der Waals surface area contributed by atoms with Crippen molar-refractivity contribution < 1.29 is 0 Å². The van der Waals surface area contributed by atoms with E-state index >= 15 is 0 Å². The molecule has 0 aliphatic rings. The summed E-state index contributed by atoms with van der Waals surface area (Å²) in [4.78, 5) is -0.0536. The van der Waals surface area contributed by atoms with Gasteiger partial charge in [-0.2, -0.15) is 26.3 Å². The fourth-order valence-corrected chi connectivity index (χ4v) is 1.61. The number of nitrogens with zero attached hydrogens (tertiary/aromatic N) is 5. The standard InChI is InChI=1S/C11HN5S/c12-1-6-7(2-13)9(4-15)11(17)10(5-16)8(6)3-14/h17H. The molecule has 0 aliphatic carbocycles. The van der Waals surface area contributed by atoms with E-state index in [1.807, 2.05) is 0 Å². The van der Waals surface area contributed by atoms with Gasteiger partial charge in [0.05, 0.1) is 27.8 Å². The van der Waals surface area contributed by atoms with Gasteiger partial charge in [0.2, 0.25) is 0 Å². The Hall–Kier alpha value is -2.98. The predicted octanol–water partition coefficient (Wildman–Crippen LogP) is 1.33. The average Bonchev–Trinajstić information content (AvgIpc) is 2.36. The van der Waals surface area contributed by atoms with Crippen molar-refractivity contribution in [1.29, 1.82) is 26.3 Å². The van der Waals surface area contributed by atoms with Crippen LogP contribution in [0.4, 0.5) is 0 Å². The monoisotopic (exact) mass is 235 g/mol. The second-order valence-electron chi connectivity index (χ2n) is 2.78. The minimum atomic E-state index is -0.263. The van der Waals surface area contributed by atoms with Gasteiger partial charge in [-0.05, 0) is 0 Å². The molecule has 0 saturated heterocycles. The molecule has 0 saturated carbocycles. The number of benzene rings is 1. The molecule has 1 aromatic rings. The molecular formula is C11HN5S. The van der Waals surface area contributed by atoms with Gasteiger partial charge in [0, 0.05) is 4.90 Å². The van der Waals surface area contributed by atoms with Crippen LogP contribution in [-0.2, 0) is 0 Å². The molecule has 0 spiro atoms. The van der Waals surface area contributed by atoms with Crippen molar-refractivity contribution in [3.05, 3.63) is 27.8 Å². The van der Waals surface area contributed by atoms with Gasteiger partial charge in [0.15, 0.2) is 0 Å². The highest BCUT2D eigenvalue weighted by molar-refractivity contribution is 7.80. The van der Waals surface area contributed by atoms with Crippen molar-refractivity contribution in [2.24, 2.45) is 0 Å². The van der Waals surface area contributed by atoms with Crippen LogP contribution in [0, 0.1) is 56.7 Å². The molecular weight excluding hydrogens is 234 g/mol. The quantitative estimate of drug-likeness (QED) is 0.680. The zero-order chi connectivity index (χ0) is 13.0. The van der Waals surface area contributed by atoms with Crippen LogP contribution in [-0.4, -0.2) is 0 Å². The zero-order valence-electron chi connectivity index (χ0n) is 8.18. The van der Waals surface area contributed by atoms with Crippen LogP contribution in [0.5, 0.6) is 0 Å². The van der Waals surface area contributed by atoms with E-state index in [9.17, 15) is 0 Å². The normalized spacial score (nSPS) is 8.00. The summed E-state index contributed by atoms with van der Waals surface area (Å²) in [7, 11) is 0. The second-order valence-corrected chi connectivity index (χ2v) is 3.23. The van der Waals surface area contributed by atoms with Crippen molar-refractivity contribution in [3.63, 3.8) is 0 Å². The lowest BCUT2D eigenvalue weighted by Gasteiger charge is -2.06. The molecule has 1 rings (SSSR count). The Kier molecular flexibility index (Phi) is 3.34. The minimum absolute atomic E-state index is 0.0536. The Bertz CT molecular complexity index is 660. The summed E-state index contributed by atoms with van der Waals surface area (Å²) in [6.07, 6.45) is 0. The summed E-state index contributed by atoms with van der Waals surface area (Å²) < 4.78 is 0. The molecule has 0 aromatic heterocycles. The van der Waals surface area contributed by atoms with Gasteiger partial charge >= 0.3 is 0 Å². The van der Waals surface area contributed by atoms with Crippen LogP contribution < -0.4 is 0 Å². The number of nitriles is 5. The van der Waals surface area contributed by atoms with E-state index < -0.39 is 0 Å². The number of hydrogen-bond donors (Lipinski definition) is 1. The number of thiol groups is 1. The Morgan fingerprint density at radius 3 is 1.00 bits per heavy atom. The Balaban J connectivity index is 4.10. The van der Waals surface area contributed by atoms with Crippen LogP contribution in [0.25, 0.3) is 0 Å². The predicted molar refractivity (Wildman–Crippen MR) is 57.3 cm³/mol. The summed E-state index contributed by atoms with van der Waals surface area (Å²) in [5.74, 6) is 0. The largest absolute Gasteiger partial charge is 0.192 e. The van der Waals surface area contributed by atoms with E-state index in [4.69, 9.17) is 26.3 Å². The Morgan fingerprint density at radius 2 is 0.765 bits per heavy atom. The maximum atomic E-state index is 8.90. The summed E-state index contributed by atoms with van der Waals surface area (Å²) >= 11 is 3.95. The van der Waals surface area contributed by atoms with E-state index in [0.717, 1.165) is 0 Å². The molecule has 0 aliphatic heterocycles. The Morgan fingerprint density at radius 1 is 0.529 bits per heavy atom. The first-order valence-electron chi connectivity index (χ1n) is 4.09. The van der Waals surface area contributed by atoms with Crippen LogP contribution in [0.3, 0.4) is 0 Å². The first-order chi connectivity index (χ1) is 8.15. The number of rotatable bonds is 0. The molecule has 1 aromatic carbocycles. The van der Waals surface area contributed by atoms with Gasteiger partial charge in [-0.3, -0.25) is 0 Å². The minimum Gasteiger partial charge on any atom is -0.192 e. The van der Waals surface area contributed by atoms with Crippen molar-refractivity contribution in [1.82, 2.24) is 0 Å². The maximum absolute atomic E-state index is 8.90. The lowest BCUT2D eigenvalue weighted by molar-refractivity contribution is 1.25. The van der Waals surface area contributed by atoms with Gasteiger partial charge < -0.3 is 0 Å². The third-order valence-corrected chi connectivity index (χ3v) is 2.48. The van der Waals surface area contributed by atoms with Gasteiger partial charge in [0.25, 0.3) is 0 Å². The zero-order valence-corrected chi connectivity index (χ0v) is 9.08. The molecule has 0 unspecified atom stereocenters. The van der Waals surface area contributed by atoms with Gasteiger partial charge in [0.1, 0.15) is 30.3 Å². The highest BCUT2D eigenvalue weighted by atomic mass is 32.1. The third kappa shape index (κ3) is 1.64. The topological polar surface area (TPSA) is 119 Å². The van der Waals surface area contributed by atoms with Crippen molar-refractivity contribution in [3.8, 4) is 30.3 Å². The first-order valence-corrected chi connectivity index (χ1v) is 4.54. The summed E-state index contributed by atoms with van der Waals surface area (Å²) in [6, 6.07) is 8.43. The SMILES string of the molecule is N#Cc1c(S)c(C#N)c(C#N)c(C#N)c1C#N. The van der Waals surface area contributed by atoms with E-state index in [0.29, 0.717) is 0 Å². The fourth-order valence-electron chi connectivity index (χ4n) is 1.29. The molecule has 0 amide bonds. The number of hydrogen-bond acceptors (Lipinski definition) is 6. The summed E-state index contributed by atoms with van der Waals surface area (Å²) in [6.45, 7) is 0. The molecule has 76 valence electrons. The van der Waals surface area contributed by atoms with Gasteiger partial charge in [-0.15, -0.1) is 12.6 Å². The van der Waals surface area contributed by atoms with E-state index in [1.54, 1.807) is 30.3 Å². The molecule has 0 bridgehead atoms. The fraction of sp³-hybridized carbons (Fsp3) is 0. The molecule has 0 heterocycles. The van der Waals surface area contributed by atoms with Crippen LogP contribution >= 0.6 is 12.6 Å². The van der Waals surface area contributed by atoms with Crippen LogP contribution in [0.15, 0.2) is 4.90 Å². The molecule has 0 atom stereocenters. The smallest absolute Gasteiger partial charge is 0.102 e. The molecule has 6 heteroatoms. The second kappa shape index (κ2) is 4.69.